The van der Waals surface area contributed by atoms with Crippen molar-refractivity contribution in [2.24, 2.45) is 10.9 Å². The Balaban J connectivity index is 1.86. The highest BCUT2D eigenvalue weighted by Gasteiger charge is 2.20. The molecule has 0 amide bonds. The van der Waals surface area contributed by atoms with E-state index in [-0.39, 0.29) is 0 Å². The Morgan fingerprint density at radius 1 is 1.27 bits per heavy atom. The summed E-state index contributed by atoms with van der Waals surface area (Å²) in [5, 5.41) is 6.68. The molecule has 0 unspecified atom stereocenters. The van der Waals surface area contributed by atoms with Crippen molar-refractivity contribution < 1.29 is 9.47 Å². The lowest BCUT2D eigenvalue weighted by molar-refractivity contribution is 0.146. The molecule has 22 heavy (non-hydrogen) atoms. The topological polar surface area (TPSA) is 54.9 Å². The molecule has 1 aliphatic carbocycles. The van der Waals surface area contributed by atoms with Crippen molar-refractivity contribution in [3.8, 4) is 5.75 Å². The van der Waals surface area contributed by atoms with Gasteiger partial charge in [0.2, 0.25) is 0 Å². The maximum absolute atomic E-state index is 5.62. The van der Waals surface area contributed by atoms with E-state index in [1.165, 1.54) is 12.8 Å². The van der Waals surface area contributed by atoms with Gasteiger partial charge in [-0.3, -0.25) is 0 Å². The number of rotatable bonds is 9. The molecule has 0 atom stereocenters. The smallest absolute Gasteiger partial charge is 0.191 e. The van der Waals surface area contributed by atoms with Gasteiger partial charge in [0.05, 0.1) is 13.2 Å². The lowest BCUT2D eigenvalue weighted by Gasteiger charge is -2.11. The molecule has 0 bridgehead atoms. The van der Waals surface area contributed by atoms with Crippen LogP contribution in [0.1, 0.15) is 25.3 Å². The average molecular weight is 305 g/mol. The largest absolute Gasteiger partial charge is 0.491 e. The van der Waals surface area contributed by atoms with Gasteiger partial charge in [-0.1, -0.05) is 12.1 Å². The van der Waals surface area contributed by atoms with E-state index in [9.17, 15) is 0 Å². The number of nitrogens with one attached hydrogen (secondary N) is 2. The van der Waals surface area contributed by atoms with Crippen LogP contribution in [-0.2, 0) is 11.3 Å². The van der Waals surface area contributed by atoms with Crippen molar-refractivity contribution in [1.29, 1.82) is 0 Å². The van der Waals surface area contributed by atoms with Gasteiger partial charge in [-0.05, 0) is 43.4 Å². The highest BCUT2D eigenvalue weighted by molar-refractivity contribution is 5.79. The van der Waals surface area contributed by atoms with Crippen LogP contribution in [0.25, 0.3) is 0 Å². The van der Waals surface area contributed by atoms with E-state index >= 15 is 0 Å². The average Bonchev–Trinajstić information content (AvgIpc) is 3.35. The van der Waals surface area contributed by atoms with Crippen LogP contribution < -0.4 is 15.4 Å². The van der Waals surface area contributed by atoms with E-state index in [0.29, 0.717) is 19.8 Å². The maximum atomic E-state index is 5.62. The Kier molecular flexibility index (Phi) is 7.03. The van der Waals surface area contributed by atoms with Gasteiger partial charge in [0.1, 0.15) is 12.4 Å². The van der Waals surface area contributed by atoms with Crippen molar-refractivity contribution in [3.63, 3.8) is 0 Å². The zero-order valence-electron chi connectivity index (χ0n) is 13.6. The third-order valence-corrected chi connectivity index (χ3v) is 3.47. The molecule has 0 heterocycles. The second-order valence-electron chi connectivity index (χ2n) is 5.51. The molecule has 1 aromatic rings. The molecule has 0 radical (unpaired) electrons. The minimum atomic E-state index is 0.564. The van der Waals surface area contributed by atoms with Gasteiger partial charge in [-0.25, -0.2) is 4.99 Å². The summed E-state index contributed by atoms with van der Waals surface area (Å²) in [5.74, 6) is 2.59. The first-order valence-corrected chi connectivity index (χ1v) is 8.04. The minimum absolute atomic E-state index is 0.564. The molecule has 2 rings (SSSR count). The van der Waals surface area contributed by atoms with Gasteiger partial charge in [0, 0.05) is 20.2 Å². The Hall–Kier alpha value is -1.75. The van der Waals surface area contributed by atoms with Gasteiger partial charge in [0.25, 0.3) is 0 Å². The normalized spacial score (nSPS) is 14.7. The number of hydrogen-bond donors (Lipinski definition) is 2. The summed E-state index contributed by atoms with van der Waals surface area (Å²) >= 11 is 0. The zero-order chi connectivity index (χ0) is 15.6. The lowest BCUT2D eigenvalue weighted by atomic mass is 10.2. The SMILES string of the molecule is CCNC(=NCc1cccc(OCCOC)c1)NCC1CC1. The van der Waals surface area contributed by atoms with Crippen LogP contribution in [-0.4, -0.2) is 39.4 Å². The number of methoxy groups -OCH3 is 1. The van der Waals surface area contributed by atoms with Gasteiger partial charge >= 0.3 is 0 Å². The van der Waals surface area contributed by atoms with Gasteiger partial charge < -0.3 is 20.1 Å². The highest BCUT2D eigenvalue weighted by atomic mass is 16.5. The number of hydrogen-bond acceptors (Lipinski definition) is 3. The summed E-state index contributed by atoms with van der Waals surface area (Å²) in [7, 11) is 1.67. The standard InChI is InChI=1S/C17H27N3O2/c1-3-18-17(19-12-14-7-8-14)20-13-15-5-4-6-16(11-15)22-10-9-21-2/h4-6,11,14H,3,7-10,12-13H2,1-2H3,(H2,18,19,20). The van der Waals surface area contributed by atoms with E-state index in [1.54, 1.807) is 7.11 Å². The van der Waals surface area contributed by atoms with Crippen molar-refractivity contribution in [1.82, 2.24) is 10.6 Å². The first-order valence-electron chi connectivity index (χ1n) is 8.04. The van der Waals surface area contributed by atoms with Crippen molar-refractivity contribution in [2.45, 2.75) is 26.3 Å². The molecular weight excluding hydrogens is 278 g/mol. The Morgan fingerprint density at radius 3 is 2.86 bits per heavy atom. The summed E-state index contributed by atoms with van der Waals surface area (Å²) in [6.45, 7) is 5.77. The Labute approximate surface area is 133 Å². The van der Waals surface area contributed by atoms with E-state index in [4.69, 9.17) is 9.47 Å². The molecular formula is C17H27N3O2. The van der Waals surface area contributed by atoms with Crippen LogP contribution in [0.15, 0.2) is 29.3 Å². The number of guanidine groups is 1. The van der Waals surface area contributed by atoms with Gasteiger partial charge in [0.15, 0.2) is 5.96 Å². The van der Waals surface area contributed by atoms with Crippen LogP contribution >= 0.6 is 0 Å². The summed E-state index contributed by atoms with van der Waals surface area (Å²) < 4.78 is 10.6. The Bertz CT molecular complexity index is 473. The molecule has 5 heteroatoms. The molecule has 1 aromatic carbocycles. The van der Waals surface area contributed by atoms with E-state index in [1.807, 2.05) is 18.2 Å². The quantitative estimate of drug-likeness (QED) is 0.417. The summed E-state index contributed by atoms with van der Waals surface area (Å²) in [5.41, 5.74) is 1.14. The van der Waals surface area contributed by atoms with Crippen LogP contribution in [0.2, 0.25) is 0 Å². The minimum Gasteiger partial charge on any atom is -0.491 e. The fraction of sp³-hybridized carbons (Fsp3) is 0.588. The fourth-order valence-corrected chi connectivity index (χ4v) is 2.05. The second kappa shape index (κ2) is 9.30. The predicted molar refractivity (Wildman–Crippen MR) is 89.4 cm³/mol. The van der Waals surface area contributed by atoms with Gasteiger partial charge in [-0.2, -0.15) is 0 Å². The number of nitrogens with zero attached hydrogens (tertiary/aromatic N) is 1. The first-order chi connectivity index (χ1) is 10.8. The molecule has 0 saturated heterocycles. The first kappa shape index (κ1) is 16.6. The Morgan fingerprint density at radius 2 is 2.14 bits per heavy atom. The summed E-state index contributed by atoms with van der Waals surface area (Å²) in [6, 6.07) is 8.05. The zero-order valence-corrected chi connectivity index (χ0v) is 13.6. The van der Waals surface area contributed by atoms with Crippen LogP contribution in [0.5, 0.6) is 5.75 Å². The molecule has 1 aliphatic rings. The molecule has 1 fully saturated rings. The van der Waals surface area contributed by atoms with Crippen molar-refractivity contribution >= 4 is 5.96 Å². The monoisotopic (exact) mass is 305 g/mol. The molecule has 2 N–H and O–H groups in total. The predicted octanol–water partition coefficient (Wildman–Crippen LogP) is 2.18. The fourth-order valence-electron chi connectivity index (χ4n) is 2.05. The van der Waals surface area contributed by atoms with Crippen LogP contribution in [0.4, 0.5) is 0 Å². The summed E-state index contributed by atoms with van der Waals surface area (Å²) in [4.78, 5) is 4.64. The summed E-state index contributed by atoms with van der Waals surface area (Å²) in [6.07, 6.45) is 2.68. The lowest BCUT2D eigenvalue weighted by Crippen LogP contribution is -2.38. The van der Waals surface area contributed by atoms with Crippen molar-refractivity contribution in [2.75, 3.05) is 33.4 Å². The number of ether oxygens (including phenoxy) is 2. The van der Waals surface area contributed by atoms with E-state index < -0.39 is 0 Å². The third kappa shape index (κ3) is 6.35. The maximum Gasteiger partial charge on any atom is 0.191 e. The van der Waals surface area contributed by atoms with Crippen LogP contribution in [0, 0.1) is 5.92 Å². The molecule has 0 aliphatic heterocycles. The van der Waals surface area contributed by atoms with E-state index in [0.717, 1.165) is 36.3 Å². The molecule has 0 aromatic heterocycles. The number of aliphatic imine (C=N–C) groups is 1. The molecule has 122 valence electrons. The highest BCUT2D eigenvalue weighted by Crippen LogP contribution is 2.27. The molecule has 0 spiro atoms. The third-order valence-electron chi connectivity index (χ3n) is 3.47. The van der Waals surface area contributed by atoms with Crippen molar-refractivity contribution in [3.05, 3.63) is 29.8 Å². The molecule has 5 nitrogen and oxygen atoms in total. The second-order valence-corrected chi connectivity index (χ2v) is 5.51. The van der Waals surface area contributed by atoms with Gasteiger partial charge in [-0.15, -0.1) is 0 Å². The van der Waals surface area contributed by atoms with E-state index in [2.05, 4.69) is 28.6 Å². The molecule has 1 saturated carbocycles. The van der Waals surface area contributed by atoms with Crippen LogP contribution in [0.3, 0.4) is 0 Å². The number of benzene rings is 1.